The second kappa shape index (κ2) is 18.1. The van der Waals surface area contributed by atoms with E-state index in [0.29, 0.717) is 5.56 Å². The molecule has 153 valence electrons. The molecule has 0 aromatic heterocycles. The van der Waals surface area contributed by atoms with Gasteiger partial charge in [-0.15, -0.1) is 0 Å². The van der Waals surface area contributed by atoms with E-state index in [-0.39, 0.29) is 0 Å². The van der Waals surface area contributed by atoms with Crippen molar-refractivity contribution in [3.05, 3.63) is 29.8 Å². The van der Waals surface area contributed by atoms with Gasteiger partial charge in [-0.25, -0.2) is 0 Å². The zero-order valence-corrected chi connectivity index (χ0v) is 17.7. The van der Waals surface area contributed by atoms with E-state index in [1.807, 2.05) is 30.6 Å². The van der Waals surface area contributed by atoms with E-state index in [0.717, 1.165) is 12.2 Å². The lowest BCUT2D eigenvalue weighted by atomic mass is 10.0. The Bertz CT molecular complexity index is 440. The Labute approximate surface area is 168 Å². The topological polar surface area (TPSA) is 29.1 Å². The Morgan fingerprint density at radius 3 is 1.44 bits per heavy atom. The lowest BCUT2D eigenvalue weighted by Gasteiger charge is -2.06. The number of carbonyl (C=O) groups excluding carboxylic acids is 1. The van der Waals surface area contributed by atoms with Crippen LogP contribution in [0.15, 0.2) is 24.3 Å². The number of nitrogens with one attached hydrogen (secondary N) is 1. The van der Waals surface area contributed by atoms with Gasteiger partial charge < -0.3 is 5.32 Å². The van der Waals surface area contributed by atoms with Gasteiger partial charge in [-0.3, -0.25) is 4.79 Å². The SMILES string of the molecule is CCCCCCCCCCCCCCCCCCNc1ccc([C]=O)cc1. The number of hydrogen-bond acceptors (Lipinski definition) is 2. The van der Waals surface area contributed by atoms with Crippen molar-refractivity contribution < 1.29 is 4.79 Å². The summed E-state index contributed by atoms with van der Waals surface area (Å²) < 4.78 is 0. The average molecular weight is 373 g/mol. The maximum Gasteiger partial charge on any atom is 0.233 e. The highest BCUT2D eigenvalue weighted by Gasteiger charge is 1.96. The molecule has 1 rings (SSSR count). The Balaban J connectivity index is 1.76. The highest BCUT2D eigenvalue weighted by atomic mass is 16.1. The van der Waals surface area contributed by atoms with Crippen LogP contribution in [0.1, 0.15) is 115 Å². The van der Waals surface area contributed by atoms with Crippen LogP contribution in [-0.4, -0.2) is 12.8 Å². The second-order valence-electron chi connectivity index (χ2n) is 7.91. The molecule has 0 atom stereocenters. The zero-order chi connectivity index (χ0) is 19.4. The van der Waals surface area contributed by atoms with Crippen molar-refractivity contribution in [2.45, 2.75) is 110 Å². The van der Waals surface area contributed by atoms with Crippen molar-refractivity contribution in [3.63, 3.8) is 0 Å². The predicted octanol–water partition coefficient (Wildman–Crippen LogP) is 7.82. The lowest BCUT2D eigenvalue weighted by molar-refractivity contribution is 0.530. The van der Waals surface area contributed by atoms with Crippen LogP contribution >= 0.6 is 0 Å². The quantitative estimate of drug-likeness (QED) is 0.251. The van der Waals surface area contributed by atoms with Crippen LogP contribution in [0, 0.1) is 0 Å². The van der Waals surface area contributed by atoms with Crippen LogP contribution in [0.5, 0.6) is 0 Å². The predicted molar refractivity (Wildman–Crippen MR) is 119 cm³/mol. The Morgan fingerprint density at radius 2 is 1.04 bits per heavy atom. The summed E-state index contributed by atoms with van der Waals surface area (Å²) in [4.78, 5) is 10.5. The van der Waals surface area contributed by atoms with Crippen LogP contribution in [0.25, 0.3) is 0 Å². The van der Waals surface area contributed by atoms with Crippen molar-refractivity contribution >= 4 is 12.0 Å². The number of rotatable bonds is 19. The largest absolute Gasteiger partial charge is 0.385 e. The van der Waals surface area contributed by atoms with Gasteiger partial charge >= 0.3 is 0 Å². The molecule has 0 fully saturated rings. The summed E-state index contributed by atoms with van der Waals surface area (Å²) in [6.07, 6.45) is 24.4. The molecular formula is C25H42NO. The van der Waals surface area contributed by atoms with Crippen molar-refractivity contribution in [2.75, 3.05) is 11.9 Å². The maximum atomic E-state index is 10.5. The summed E-state index contributed by atoms with van der Waals surface area (Å²) in [6, 6.07) is 7.52. The molecule has 0 saturated heterocycles. The van der Waals surface area contributed by atoms with E-state index in [9.17, 15) is 4.79 Å². The van der Waals surface area contributed by atoms with Gasteiger partial charge in [0.1, 0.15) is 0 Å². The summed E-state index contributed by atoms with van der Waals surface area (Å²) >= 11 is 0. The molecule has 0 bridgehead atoms. The second-order valence-corrected chi connectivity index (χ2v) is 7.91. The fourth-order valence-corrected chi connectivity index (χ4v) is 3.56. The van der Waals surface area contributed by atoms with Gasteiger partial charge in [0, 0.05) is 17.8 Å². The number of benzene rings is 1. The first kappa shape index (κ1) is 23.7. The third kappa shape index (κ3) is 14.4. The van der Waals surface area contributed by atoms with Crippen molar-refractivity contribution in [1.29, 1.82) is 0 Å². The number of unbranched alkanes of at least 4 members (excludes halogenated alkanes) is 15. The third-order valence-electron chi connectivity index (χ3n) is 5.36. The molecule has 1 N–H and O–H groups in total. The van der Waals surface area contributed by atoms with E-state index in [1.165, 1.54) is 103 Å². The van der Waals surface area contributed by atoms with Crippen molar-refractivity contribution in [3.8, 4) is 0 Å². The summed E-state index contributed by atoms with van der Waals surface area (Å²) in [5.41, 5.74) is 1.71. The minimum Gasteiger partial charge on any atom is -0.385 e. The molecule has 1 aromatic rings. The molecule has 0 spiro atoms. The molecule has 0 aliphatic carbocycles. The summed E-state index contributed by atoms with van der Waals surface area (Å²) in [5, 5.41) is 3.42. The Hall–Kier alpha value is -1.31. The van der Waals surface area contributed by atoms with E-state index in [1.54, 1.807) is 0 Å². The highest BCUT2D eigenvalue weighted by Crippen LogP contribution is 2.14. The maximum absolute atomic E-state index is 10.5. The summed E-state index contributed by atoms with van der Waals surface area (Å²) in [7, 11) is 0. The molecule has 0 unspecified atom stereocenters. The fourth-order valence-electron chi connectivity index (χ4n) is 3.56. The van der Waals surface area contributed by atoms with E-state index in [4.69, 9.17) is 0 Å². The summed E-state index contributed by atoms with van der Waals surface area (Å²) in [6.45, 7) is 3.30. The van der Waals surface area contributed by atoms with Gasteiger partial charge in [-0.1, -0.05) is 103 Å². The molecular weight excluding hydrogens is 330 g/mol. The molecule has 1 radical (unpaired) electrons. The summed E-state index contributed by atoms with van der Waals surface area (Å²) in [5.74, 6) is 0. The highest BCUT2D eigenvalue weighted by molar-refractivity contribution is 5.76. The van der Waals surface area contributed by atoms with Crippen molar-refractivity contribution in [1.82, 2.24) is 0 Å². The van der Waals surface area contributed by atoms with E-state index in [2.05, 4.69) is 12.2 Å². The number of anilines is 1. The molecule has 0 aliphatic heterocycles. The average Bonchev–Trinajstić information content (AvgIpc) is 2.70. The van der Waals surface area contributed by atoms with Crippen LogP contribution in [-0.2, 0) is 4.79 Å². The van der Waals surface area contributed by atoms with Gasteiger partial charge in [0.05, 0.1) is 0 Å². The Kier molecular flexibility index (Phi) is 15.9. The molecule has 2 heteroatoms. The normalized spacial score (nSPS) is 10.9. The minimum atomic E-state index is 0.614. The van der Waals surface area contributed by atoms with E-state index >= 15 is 0 Å². The first-order chi connectivity index (χ1) is 13.4. The molecule has 1 aromatic carbocycles. The first-order valence-corrected chi connectivity index (χ1v) is 11.6. The van der Waals surface area contributed by atoms with Crippen LogP contribution in [0.4, 0.5) is 5.69 Å². The minimum absolute atomic E-state index is 0.614. The van der Waals surface area contributed by atoms with Gasteiger partial charge in [0.25, 0.3) is 0 Å². The molecule has 0 aliphatic rings. The van der Waals surface area contributed by atoms with E-state index < -0.39 is 0 Å². The standard InChI is InChI=1S/C25H42NO/c1-2-3-4-5-6-7-8-9-10-11-12-13-14-15-16-17-22-26-25-20-18-24(23-27)19-21-25/h18-21,26H,2-17,22H2,1H3. The monoisotopic (exact) mass is 372 g/mol. The molecule has 2 nitrogen and oxygen atoms in total. The van der Waals surface area contributed by atoms with Gasteiger partial charge in [0.2, 0.25) is 6.29 Å². The van der Waals surface area contributed by atoms with Gasteiger partial charge in [-0.05, 0) is 30.7 Å². The zero-order valence-electron chi connectivity index (χ0n) is 17.7. The number of hydrogen-bond donors (Lipinski definition) is 1. The molecule has 0 heterocycles. The lowest BCUT2D eigenvalue weighted by Crippen LogP contribution is -2.01. The van der Waals surface area contributed by atoms with Gasteiger partial charge in [-0.2, -0.15) is 0 Å². The first-order valence-electron chi connectivity index (χ1n) is 11.6. The fraction of sp³-hybridized carbons (Fsp3) is 0.720. The van der Waals surface area contributed by atoms with Crippen LogP contribution in [0.3, 0.4) is 0 Å². The molecule has 27 heavy (non-hydrogen) atoms. The van der Waals surface area contributed by atoms with Gasteiger partial charge in [0.15, 0.2) is 0 Å². The third-order valence-corrected chi connectivity index (χ3v) is 5.36. The molecule has 0 saturated carbocycles. The van der Waals surface area contributed by atoms with Crippen molar-refractivity contribution in [2.24, 2.45) is 0 Å². The smallest absolute Gasteiger partial charge is 0.233 e. The molecule has 0 amide bonds. The van der Waals surface area contributed by atoms with Crippen LogP contribution < -0.4 is 5.32 Å². The van der Waals surface area contributed by atoms with Crippen LogP contribution in [0.2, 0.25) is 0 Å². The Morgan fingerprint density at radius 1 is 0.630 bits per heavy atom.